The van der Waals surface area contributed by atoms with Gasteiger partial charge in [-0.25, -0.2) is 4.79 Å². The molecule has 0 atom stereocenters. The number of amides is 3. The van der Waals surface area contributed by atoms with Gasteiger partial charge in [0, 0.05) is 28.6 Å². The quantitative estimate of drug-likeness (QED) is 0.634. The molecule has 0 radical (unpaired) electrons. The Bertz CT molecular complexity index is 987. The summed E-state index contributed by atoms with van der Waals surface area (Å²) in [4.78, 5) is 27.4. The van der Waals surface area contributed by atoms with Crippen LogP contribution in [0, 0.1) is 0 Å². The third-order valence-electron chi connectivity index (χ3n) is 4.32. The minimum Gasteiger partial charge on any atom is -0.308 e. The van der Waals surface area contributed by atoms with Crippen LogP contribution < -0.4 is 15.5 Å². The lowest BCUT2D eigenvalue weighted by Crippen LogP contribution is -2.28. The third-order valence-corrected chi connectivity index (χ3v) is 5.43. The molecule has 7 heteroatoms. The molecule has 0 fully saturated rings. The van der Waals surface area contributed by atoms with Gasteiger partial charge in [-0.05, 0) is 59.8 Å². The summed E-state index contributed by atoms with van der Waals surface area (Å²) in [7, 11) is 0. The summed E-state index contributed by atoms with van der Waals surface area (Å²) >= 11 is 7.28. The van der Waals surface area contributed by atoms with Crippen LogP contribution in [0.15, 0.2) is 60.0 Å². The van der Waals surface area contributed by atoms with E-state index in [0.29, 0.717) is 27.8 Å². The van der Waals surface area contributed by atoms with E-state index in [9.17, 15) is 9.59 Å². The average molecular weight is 398 g/mol. The zero-order valence-corrected chi connectivity index (χ0v) is 15.8. The minimum absolute atomic E-state index is 0.00786. The maximum Gasteiger partial charge on any atom is 0.323 e. The fourth-order valence-electron chi connectivity index (χ4n) is 3.03. The number of anilines is 3. The molecule has 0 aliphatic carbocycles. The highest BCUT2D eigenvalue weighted by atomic mass is 35.5. The number of hydrogen-bond acceptors (Lipinski definition) is 3. The molecule has 2 heterocycles. The molecular formula is C20H16ClN3O2S. The van der Waals surface area contributed by atoms with Crippen LogP contribution in [0.3, 0.4) is 0 Å². The fourth-order valence-corrected chi connectivity index (χ4v) is 3.83. The first-order valence-electron chi connectivity index (χ1n) is 8.42. The summed E-state index contributed by atoms with van der Waals surface area (Å²) in [6.45, 7) is 0.645. The van der Waals surface area contributed by atoms with Gasteiger partial charge in [-0.1, -0.05) is 23.7 Å². The van der Waals surface area contributed by atoms with Crippen molar-refractivity contribution < 1.29 is 9.59 Å². The van der Waals surface area contributed by atoms with Crippen molar-refractivity contribution in [2.45, 2.75) is 6.42 Å². The van der Waals surface area contributed by atoms with Gasteiger partial charge in [0.25, 0.3) is 5.91 Å². The van der Waals surface area contributed by atoms with Crippen LogP contribution in [0.4, 0.5) is 21.9 Å². The number of thiophene rings is 1. The number of carbonyl (C=O) groups excluding carboxylic acids is 2. The summed E-state index contributed by atoms with van der Waals surface area (Å²) in [6.07, 6.45) is 0.809. The lowest BCUT2D eigenvalue weighted by Gasteiger charge is -2.17. The van der Waals surface area contributed by atoms with E-state index in [-0.39, 0.29) is 11.9 Å². The minimum atomic E-state index is -0.355. The topological polar surface area (TPSA) is 61.4 Å². The van der Waals surface area contributed by atoms with Crippen molar-refractivity contribution in [3.05, 3.63) is 75.4 Å². The molecular weight excluding hydrogens is 382 g/mol. The van der Waals surface area contributed by atoms with E-state index < -0.39 is 0 Å². The average Bonchev–Trinajstić information content (AvgIpc) is 3.32. The second-order valence-electron chi connectivity index (χ2n) is 6.11. The molecule has 0 bridgehead atoms. The molecule has 3 amide bonds. The lowest BCUT2D eigenvalue weighted by atomic mass is 10.1. The summed E-state index contributed by atoms with van der Waals surface area (Å²) in [5, 5.41) is 8.06. The summed E-state index contributed by atoms with van der Waals surface area (Å²) in [5.41, 5.74) is 3.22. The number of nitrogens with zero attached hydrogens (tertiary/aromatic N) is 1. The standard InChI is InChI=1S/C20H16ClN3O2S/c21-14-4-7-15(8-5-14)22-20(26)23-16-6-3-13-9-10-24(17(13)12-16)19(25)18-2-1-11-27-18/h1-8,11-12H,9-10H2,(H2,22,23,26). The maximum atomic E-state index is 12.7. The second-order valence-corrected chi connectivity index (χ2v) is 7.50. The molecule has 2 N–H and O–H groups in total. The van der Waals surface area contributed by atoms with E-state index >= 15 is 0 Å². The Morgan fingerprint density at radius 3 is 2.48 bits per heavy atom. The predicted molar refractivity (Wildman–Crippen MR) is 110 cm³/mol. The number of halogens is 1. The van der Waals surface area contributed by atoms with Crippen molar-refractivity contribution >= 4 is 51.9 Å². The molecule has 0 saturated heterocycles. The van der Waals surface area contributed by atoms with E-state index in [4.69, 9.17) is 11.6 Å². The number of fused-ring (bicyclic) bond motifs is 1. The molecule has 5 nitrogen and oxygen atoms in total. The zero-order valence-electron chi connectivity index (χ0n) is 14.2. The molecule has 0 unspecified atom stereocenters. The molecule has 1 aromatic heterocycles. The molecule has 1 aliphatic rings. The molecule has 3 aromatic rings. The zero-order chi connectivity index (χ0) is 18.8. The van der Waals surface area contributed by atoms with Crippen LogP contribution in [0.1, 0.15) is 15.2 Å². The third kappa shape index (κ3) is 3.82. The van der Waals surface area contributed by atoms with Crippen LogP contribution in [-0.4, -0.2) is 18.5 Å². The second kappa shape index (κ2) is 7.42. The fraction of sp³-hybridized carbons (Fsp3) is 0.100. The Labute approximate surface area is 165 Å². The van der Waals surface area contributed by atoms with E-state index in [1.54, 1.807) is 29.2 Å². The molecule has 27 heavy (non-hydrogen) atoms. The summed E-state index contributed by atoms with van der Waals surface area (Å²) < 4.78 is 0. The molecule has 4 rings (SSSR count). The SMILES string of the molecule is O=C(Nc1ccc(Cl)cc1)Nc1ccc2c(c1)N(C(=O)c1cccs1)CC2. The number of hydrogen-bond donors (Lipinski definition) is 2. The summed E-state index contributed by atoms with van der Waals surface area (Å²) in [5.74, 6) is -0.00786. The first kappa shape index (κ1) is 17.6. The Balaban J connectivity index is 1.49. The number of rotatable bonds is 3. The van der Waals surface area contributed by atoms with E-state index in [1.807, 2.05) is 35.7 Å². The van der Waals surface area contributed by atoms with Crippen molar-refractivity contribution in [2.24, 2.45) is 0 Å². The molecule has 0 spiro atoms. The number of carbonyl (C=O) groups is 2. The molecule has 136 valence electrons. The van der Waals surface area contributed by atoms with Crippen LogP contribution in [0.5, 0.6) is 0 Å². The Hall–Kier alpha value is -2.83. The number of urea groups is 1. The van der Waals surface area contributed by atoms with Crippen molar-refractivity contribution in [1.29, 1.82) is 0 Å². The largest absolute Gasteiger partial charge is 0.323 e. The van der Waals surface area contributed by atoms with E-state index in [0.717, 1.165) is 17.7 Å². The van der Waals surface area contributed by atoms with Gasteiger partial charge >= 0.3 is 6.03 Å². The van der Waals surface area contributed by atoms with Gasteiger partial charge in [0.1, 0.15) is 0 Å². The Morgan fingerprint density at radius 2 is 1.74 bits per heavy atom. The highest BCUT2D eigenvalue weighted by molar-refractivity contribution is 7.12. The van der Waals surface area contributed by atoms with E-state index in [2.05, 4.69) is 10.6 Å². The van der Waals surface area contributed by atoms with Gasteiger partial charge in [-0.15, -0.1) is 11.3 Å². The van der Waals surface area contributed by atoms with Gasteiger partial charge in [0.15, 0.2) is 0 Å². The molecule has 1 aliphatic heterocycles. The van der Waals surface area contributed by atoms with Gasteiger partial charge in [-0.3, -0.25) is 4.79 Å². The van der Waals surface area contributed by atoms with Crippen LogP contribution in [0.25, 0.3) is 0 Å². The van der Waals surface area contributed by atoms with Crippen molar-refractivity contribution in [2.75, 3.05) is 22.1 Å². The Morgan fingerprint density at radius 1 is 1.00 bits per heavy atom. The van der Waals surface area contributed by atoms with Gasteiger partial charge in [0.05, 0.1) is 4.88 Å². The molecule has 0 saturated carbocycles. The van der Waals surface area contributed by atoms with Gasteiger partial charge in [0.2, 0.25) is 0 Å². The van der Waals surface area contributed by atoms with Crippen molar-refractivity contribution in [3.63, 3.8) is 0 Å². The van der Waals surface area contributed by atoms with Crippen LogP contribution in [0.2, 0.25) is 5.02 Å². The number of benzene rings is 2. The first-order valence-corrected chi connectivity index (χ1v) is 9.68. The van der Waals surface area contributed by atoms with Crippen LogP contribution >= 0.6 is 22.9 Å². The maximum absolute atomic E-state index is 12.7. The highest BCUT2D eigenvalue weighted by Gasteiger charge is 2.26. The van der Waals surface area contributed by atoms with Crippen LogP contribution in [-0.2, 0) is 6.42 Å². The highest BCUT2D eigenvalue weighted by Crippen LogP contribution is 2.32. The van der Waals surface area contributed by atoms with Crippen molar-refractivity contribution in [3.8, 4) is 0 Å². The number of nitrogens with one attached hydrogen (secondary N) is 2. The Kier molecular flexibility index (Phi) is 4.83. The summed E-state index contributed by atoms with van der Waals surface area (Å²) in [6, 6.07) is 15.9. The van der Waals surface area contributed by atoms with Gasteiger partial charge in [-0.2, -0.15) is 0 Å². The monoisotopic (exact) mass is 397 g/mol. The first-order chi connectivity index (χ1) is 13.1. The lowest BCUT2D eigenvalue weighted by molar-refractivity contribution is 0.0993. The van der Waals surface area contributed by atoms with Crippen molar-refractivity contribution in [1.82, 2.24) is 0 Å². The predicted octanol–water partition coefficient (Wildman–Crippen LogP) is 5.25. The smallest absolute Gasteiger partial charge is 0.308 e. The normalized spacial score (nSPS) is 12.6. The molecule has 2 aromatic carbocycles. The van der Waals surface area contributed by atoms with E-state index in [1.165, 1.54) is 11.3 Å². The van der Waals surface area contributed by atoms with Gasteiger partial charge < -0.3 is 15.5 Å².